The van der Waals surface area contributed by atoms with Crippen LogP contribution in [0.1, 0.15) is 31.1 Å². The van der Waals surface area contributed by atoms with E-state index in [1.807, 2.05) is 17.8 Å². The highest BCUT2D eigenvalue weighted by Crippen LogP contribution is 2.11. The first-order valence-corrected chi connectivity index (χ1v) is 6.08. The topological polar surface area (TPSA) is 34.9 Å². The van der Waals surface area contributed by atoms with Gasteiger partial charge in [0.1, 0.15) is 0 Å². The Labute approximate surface area is 81.6 Å². The highest BCUT2D eigenvalue weighted by atomic mass is 32.2. The molecule has 4 heteroatoms. The summed E-state index contributed by atoms with van der Waals surface area (Å²) in [5, 5.41) is 4.37. The fourth-order valence-corrected chi connectivity index (χ4v) is 1.79. The van der Waals surface area contributed by atoms with Gasteiger partial charge in [-0.1, -0.05) is 0 Å². The summed E-state index contributed by atoms with van der Waals surface area (Å²) in [6.45, 7) is 6.17. The number of aromatic nitrogens is 2. The molecule has 1 heterocycles. The van der Waals surface area contributed by atoms with Crippen molar-refractivity contribution in [2.24, 2.45) is 0 Å². The first kappa shape index (κ1) is 10.4. The van der Waals surface area contributed by atoms with E-state index in [1.165, 1.54) is 0 Å². The minimum atomic E-state index is -0.803. The van der Waals surface area contributed by atoms with Gasteiger partial charge in [-0.25, -0.2) is 0 Å². The molecule has 0 saturated heterocycles. The lowest BCUT2D eigenvalue weighted by molar-refractivity contribution is 0.528. The predicted molar refractivity (Wildman–Crippen MR) is 55.1 cm³/mol. The van der Waals surface area contributed by atoms with Crippen LogP contribution in [0.15, 0.2) is 6.20 Å². The van der Waals surface area contributed by atoms with Gasteiger partial charge in [0.2, 0.25) is 0 Å². The smallest absolute Gasteiger partial charge is 0.0778 e. The van der Waals surface area contributed by atoms with Crippen molar-refractivity contribution < 1.29 is 4.21 Å². The van der Waals surface area contributed by atoms with Crippen molar-refractivity contribution in [1.82, 2.24) is 9.78 Å². The van der Waals surface area contributed by atoms with Gasteiger partial charge in [0.15, 0.2) is 0 Å². The molecule has 3 nitrogen and oxygen atoms in total. The number of aryl methyl sites for hydroxylation is 1. The van der Waals surface area contributed by atoms with E-state index in [9.17, 15) is 4.21 Å². The van der Waals surface area contributed by atoms with Gasteiger partial charge in [0, 0.05) is 29.3 Å². The summed E-state index contributed by atoms with van der Waals surface area (Å²) in [7, 11) is -0.803. The fourth-order valence-electron chi connectivity index (χ4n) is 1.12. The van der Waals surface area contributed by atoms with E-state index in [2.05, 4.69) is 18.9 Å². The molecular formula is C9H16N2OS. The molecule has 0 spiro atoms. The number of hydrogen-bond donors (Lipinski definition) is 0. The van der Waals surface area contributed by atoms with Crippen LogP contribution in [-0.2, 0) is 16.6 Å². The molecular weight excluding hydrogens is 184 g/mol. The van der Waals surface area contributed by atoms with Crippen molar-refractivity contribution in [2.75, 3.05) is 6.26 Å². The normalized spacial score (nSPS) is 13.6. The lowest BCUT2D eigenvalue weighted by Gasteiger charge is -2.03. The Balaban J connectivity index is 2.89. The van der Waals surface area contributed by atoms with Crippen molar-refractivity contribution in [3.63, 3.8) is 0 Å². The molecule has 0 aromatic carbocycles. The number of nitrogens with zero attached hydrogens (tertiary/aromatic N) is 2. The van der Waals surface area contributed by atoms with E-state index in [4.69, 9.17) is 0 Å². The standard InChI is InChI=1S/C9H16N2OS/c1-7(2)11-5-8(3)9(10-11)6-13(4)12/h5,7H,6H2,1-4H3. The molecule has 0 amide bonds. The molecule has 0 fully saturated rings. The first-order valence-electron chi connectivity index (χ1n) is 4.35. The zero-order valence-electron chi connectivity index (χ0n) is 8.57. The molecule has 1 atom stereocenters. The summed E-state index contributed by atoms with van der Waals surface area (Å²) in [6.07, 6.45) is 3.71. The Morgan fingerprint density at radius 2 is 2.23 bits per heavy atom. The second-order valence-electron chi connectivity index (χ2n) is 3.55. The zero-order valence-corrected chi connectivity index (χ0v) is 9.39. The van der Waals surface area contributed by atoms with Crippen LogP contribution in [-0.4, -0.2) is 20.2 Å². The number of hydrogen-bond acceptors (Lipinski definition) is 2. The molecule has 1 unspecified atom stereocenters. The van der Waals surface area contributed by atoms with E-state index in [-0.39, 0.29) is 0 Å². The molecule has 0 aliphatic rings. The van der Waals surface area contributed by atoms with E-state index in [0.29, 0.717) is 11.8 Å². The van der Waals surface area contributed by atoms with Crippen molar-refractivity contribution in [3.8, 4) is 0 Å². The Hall–Kier alpha value is -0.640. The van der Waals surface area contributed by atoms with Gasteiger partial charge in [0.05, 0.1) is 11.4 Å². The van der Waals surface area contributed by atoms with Crippen molar-refractivity contribution in [3.05, 3.63) is 17.5 Å². The van der Waals surface area contributed by atoms with Crippen LogP contribution in [0.3, 0.4) is 0 Å². The van der Waals surface area contributed by atoms with Crippen LogP contribution in [0.25, 0.3) is 0 Å². The maximum Gasteiger partial charge on any atom is 0.0778 e. The van der Waals surface area contributed by atoms with Crippen LogP contribution < -0.4 is 0 Å². The van der Waals surface area contributed by atoms with E-state index in [1.54, 1.807) is 6.26 Å². The number of rotatable bonds is 3. The minimum Gasteiger partial charge on any atom is -0.270 e. The lowest BCUT2D eigenvalue weighted by atomic mass is 10.3. The highest BCUT2D eigenvalue weighted by molar-refractivity contribution is 7.83. The third-order valence-electron chi connectivity index (χ3n) is 1.89. The molecule has 74 valence electrons. The van der Waals surface area contributed by atoms with Gasteiger partial charge in [0.25, 0.3) is 0 Å². The van der Waals surface area contributed by atoms with Gasteiger partial charge in [-0.3, -0.25) is 8.89 Å². The molecule has 0 bridgehead atoms. The summed E-state index contributed by atoms with van der Waals surface area (Å²) in [5.74, 6) is 0.561. The van der Waals surface area contributed by atoms with Gasteiger partial charge >= 0.3 is 0 Å². The van der Waals surface area contributed by atoms with E-state index in [0.717, 1.165) is 11.3 Å². The van der Waals surface area contributed by atoms with Crippen LogP contribution in [0.5, 0.6) is 0 Å². The third kappa shape index (κ3) is 2.66. The SMILES string of the molecule is Cc1cn(C(C)C)nc1CS(C)=O. The second-order valence-corrected chi connectivity index (χ2v) is 4.99. The Morgan fingerprint density at radius 1 is 1.62 bits per heavy atom. The summed E-state index contributed by atoms with van der Waals surface area (Å²) in [6, 6.07) is 0.373. The molecule has 0 aliphatic heterocycles. The lowest BCUT2D eigenvalue weighted by Crippen LogP contribution is -2.02. The van der Waals surface area contributed by atoms with E-state index < -0.39 is 10.8 Å². The van der Waals surface area contributed by atoms with Gasteiger partial charge in [-0.05, 0) is 26.3 Å². The van der Waals surface area contributed by atoms with Crippen molar-refractivity contribution in [1.29, 1.82) is 0 Å². The largest absolute Gasteiger partial charge is 0.270 e. The summed E-state index contributed by atoms with van der Waals surface area (Å²) in [4.78, 5) is 0. The quantitative estimate of drug-likeness (QED) is 0.743. The molecule has 13 heavy (non-hydrogen) atoms. The van der Waals surface area contributed by atoms with Crippen LogP contribution in [0.4, 0.5) is 0 Å². The molecule has 1 rings (SSSR count). The Kier molecular flexibility index (Phi) is 3.25. The van der Waals surface area contributed by atoms with Crippen molar-refractivity contribution >= 4 is 10.8 Å². The molecule has 1 aromatic rings. The highest BCUT2D eigenvalue weighted by Gasteiger charge is 2.07. The second kappa shape index (κ2) is 4.05. The third-order valence-corrected chi connectivity index (χ3v) is 2.57. The van der Waals surface area contributed by atoms with Gasteiger partial charge < -0.3 is 0 Å². The van der Waals surface area contributed by atoms with E-state index >= 15 is 0 Å². The molecule has 0 saturated carbocycles. The average molecular weight is 200 g/mol. The van der Waals surface area contributed by atoms with Crippen LogP contribution >= 0.6 is 0 Å². The van der Waals surface area contributed by atoms with Gasteiger partial charge in [-0.15, -0.1) is 0 Å². The predicted octanol–water partition coefficient (Wildman–Crippen LogP) is 1.65. The first-order chi connectivity index (χ1) is 6.00. The molecule has 0 aliphatic carbocycles. The molecule has 0 radical (unpaired) electrons. The molecule has 0 N–H and O–H groups in total. The molecule has 1 aromatic heterocycles. The Bertz CT molecular complexity index is 317. The zero-order chi connectivity index (χ0) is 10.0. The summed E-state index contributed by atoms with van der Waals surface area (Å²) in [5.41, 5.74) is 2.08. The maximum absolute atomic E-state index is 11.0. The fraction of sp³-hybridized carbons (Fsp3) is 0.667. The average Bonchev–Trinajstić information content (AvgIpc) is 2.31. The monoisotopic (exact) mass is 200 g/mol. The Morgan fingerprint density at radius 3 is 2.62 bits per heavy atom. The maximum atomic E-state index is 11.0. The van der Waals surface area contributed by atoms with Crippen molar-refractivity contribution in [2.45, 2.75) is 32.6 Å². The summed E-state index contributed by atoms with van der Waals surface area (Å²) < 4.78 is 12.9. The van der Waals surface area contributed by atoms with Crippen LogP contribution in [0.2, 0.25) is 0 Å². The minimum absolute atomic E-state index is 0.373. The van der Waals surface area contributed by atoms with Gasteiger partial charge in [-0.2, -0.15) is 5.10 Å². The summed E-state index contributed by atoms with van der Waals surface area (Å²) >= 11 is 0. The van der Waals surface area contributed by atoms with Crippen LogP contribution in [0, 0.1) is 6.92 Å².